The van der Waals surface area contributed by atoms with Crippen molar-refractivity contribution in [3.8, 4) is 0 Å². The van der Waals surface area contributed by atoms with E-state index in [9.17, 15) is 4.79 Å². The molecule has 1 fully saturated rings. The average Bonchev–Trinajstić information content (AvgIpc) is 3.38. The van der Waals surface area contributed by atoms with Crippen LogP contribution in [0.4, 0.5) is 17.5 Å². The molecule has 0 unspecified atom stereocenters. The number of nitrogens with one attached hydrogen (secondary N) is 3. The summed E-state index contributed by atoms with van der Waals surface area (Å²) in [5.41, 5.74) is 0. The van der Waals surface area contributed by atoms with Crippen LogP contribution in [-0.4, -0.2) is 33.9 Å². The lowest BCUT2D eigenvalue weighted by Gasteiger charge is -2.08. The number of nitrogens with zero attached hydrogens (tertiary/aromatic N) is 3. The molecule has 2 aromatic rings. The van der Waals surface area contributed by atoms with Gasteiger partial charge in [-0.05, 0) is 25.0 Å². The predicted molar refractivity (Wildman–Crippen MR) is 83.8 cm³/mol. The molecule has 1 amide bonds. The Kier molecular flexibility index (Phi) is 4.43. The van der Waals surface area contributed by atoms with Gasteiger partial charge in [0.25, 0.3) is 0 Å². The lowest BCUT2D eigenvalue weighted by molar-refractivity contribution is -0.122. The van der Waals surface area contributed by atoms with Gasteiger partial charge >= 0.3 is 0 Å². The molecule has 7 heteroatoms. The van der Waals surface area contributed by atoms with Crippen molar-refractivity contribution in [3.63, 3.8) is 0 Å². The topological polar surface area (TPSA) is 91.8 Å². The first-order chi connectivity index (χ1) is 10.8. The van der Waals surface area contributed by atoms with Crippen LogP contribution in [0.15, 0.2) is 36.8 Å². The van der Waals surface area contributed by atoms with Crippen molar-refractivity contribution >= 4 is 23.4 Å². The number of carbonyl (C=O) groups excluding carboxylic acids is 1. The Morgan fingerprint density at radius 2 is 1.95 bits per heavy atom. The van der Waals surface area contributed by atoms with Gasteiger partial charge in [-0.25, -0.2) is 15.0 Å². The summed E-state index contributed by atoms with van der Waals surface area (Å²) in [6, 6.07) is 7.42. The Hall–Kier alpha value is -2.70. The number of hydrogen-bond acceptors (Lipinski definition) is 6. The summed E-state index contributed by atoms with van der Waals surface area (Å²) in [5, 5.41) is 9.16. The van der Waals surface area contributed by atoms with E-state index >= 15 is 0 Å². The summed E-state index contributed by atoms with van der Waals surface area (Å²) in [6.07, 6.45) is 5.24. The molecule has 1 saturated carbocycles. The summed E-state index contributed by atoms with van der Waals surface area (Å²) in [4.78, 5) is 24.0. The molecule has 1 aliphatic carbocycles. The third-order valence-corrected chi connectivity index (χ3v) is 3.27. The molecule has 0 atom stereocenters. The molecule has 2 heterocycles. The van der Waals surface area contributed by atoms with Crippen molar-refractivity contribution in [3.05, 3.63) is 36.8 Å². The second-order valence-electron chi connectivity index (χ2n) is 5.12. The van der Waals surface area contributed by atoms with Gasteiger partial charge < -0.3 is 16.0 Å². The standard InChI is InChI=1S/C15H18N6O/c22-15(11-4-5-11)18-8-7-17-13-9-14(20-10-19-13)21-12-3-1-2-6-16-12/h1-3,6,9-11H,4-5,7-8H2,(H,18,22)(H2,16,17,19,20,21). The third-order valence-electron chi connectivity index (χ3n) is 3.27. The van der Waals surface area contributed by atoms with Gasteiger partial charge in [-0.3, -0.25) is 4.79 Å². The van der Waals surface area contributed by atoms with E-state index < -0.39 is 0 Å². The van der Waals surface area contributed by atoms with Crippen LogP contribution < -0.4 is 16.0 Å². The second-order valence-corrected chi connectivity index (χ2v) is 5.12. The minimum Gasteiger partial charge on any atom is -0.368 e. The van der Waals surface area contributed by atoms with Crippen LogP contribution in [0.25, 0.3) is 0 Å². The fourth-order valence-corrected chi connectivity index (χ4v) is 1.96. The number of anilines is 3. The number of aromatic nitrogens is 3. The Morgan fingerprint density at radius 1 is 1.09 bits per heavy atom. The van der Waals surface area contributed by atoms with Crippen LogP contribution in [0, 0.1) is 5.92 Å². The molecule has 114 valence electrons. The van der Waals surface area contributed by atoms with Crippen LogP contribution in [0.5, 0.6) is 0 Å². The highest BCUT2D eigenvalue weighted by atomic mass is 16.2. The SMILES string of the molecule is O=C(NCCNc1cc(Nc2ccccn2)ncn1)C1CC1. The lowest BCUT2D eigenvalue weighted by Crippen LogP contribution is -2.29. The highest BCUT2D eigenvalue weighted by Gasteiger charge is 2.28. The molecule has 2 aromatic heterocycles. The van der Waals surface area contributed by atoms with Gasteiger partial charge in [-0.1, -0.05) is 6.07 Å². The van der Waals surface area contributed by atoms with Gasteiger partial charge in [-0.2, -0.15) is 0 Å². The Bertz CT molecular complexity index is 629. The van der Waals surface area contributed by atoms with E-state index in [0.29, 0.717) is 24.7 Å². The molecule has 7 nitrogen and oxygen atoms in total. The average molecular weight is 298 g/mol. The van der Waals surface area contributed by atoms with Crippen LogP contribution in [0.1, 0.15) is 12.8 Å². The molecule has 1 aliphatic rings. The molecule has 0 spiro atoms. The third kappa shape index (κ3) is 4.15. The summed E-state index contributed by atoms with van der Waals surface area (Å²) < 4.78 is 0. The molecule has 3 N–H and O–H groups in total. The molecular weight excluding hydrogens is 280 g/mol. The second kappa shape index (κ2) is 6.84. The van der Waals surface area contributed by atoms with Crippen LogP contribution in [0.2, 0.25) is 0 Å². The molecule has 0 aromatic carbocycles. The van der Waals surface area contributed by atoms with E-state index in [-0.39, 0.29) is 11.8 Å². The van der Waals surface area contributed by atoms with E-state index in [2.05, 4.69) is 30.9 Å². The lowest BCUT2D eigenvalue weighted by atomic mass is 10.4. The van der Waals surface area contributed by atoms with Gasteiger partial charge in [0, 0.05) is 31.3 Å². The molecule has 0 aliphatic heterocycles. The minimum atomic E-state index is 0.155. The zero-order valence-corrected chi connectivity index (χ0v) is 12.1. The van der Waals surface area contributed by atoms with Crippen molar-refractivity contribution in [2.45, 2.75) is 12.8 Å². The number of rotatable bonds is 7. The van der Waals surface area contributed by atoms with Crippen molar-refractivity contribution in [1.82, 2.24) is 20.3 Å². The van der Waals surface area contributed by atoms with E-state index in [4.69, 9.17) is 0 Å². The number of carbonyl (C=O) groups is 1. The first-order valence-electron chi connectivity index (χ1n) is 7.33. The maximum atomic E-state index is 11.5. The largest absolute Gasteiger partial charge is 0.368 e. The maximum Gasteiger partial charge on any atom is 0.223 e. The van der Waals surface area contributed by atoms with Gasteiger partial charge in [0.05, 0.1) is 0 Å². The monoisotopic (exact) mass is 298 g/mol. The molecule has 0 bridgehead atoms. The molecule has 3 rings (SSSR count). The molecule has 0 saturated heterocycles. The summed E-state index contributed by atoms with van der Waals surface area (Å²) in [5.74, 6) is 2.49. The normalized spacial score (nSPS) is 13.5. The fourth-order valence-electron chi connectivity index (χ4n) is 1.96. The van der Waals surface area contributed by atoms with E-state index in [1.165, 1.54) is 6.33 Å². The molecule has 0 radical (unpaired) electrons. The summed E-state index contributed by atoms with van der Waals surface area (Å²) in [7, 11) is 0. The quantitative estimate of drug-likeness (QED) is 0.672. The van der Waals surface area contributed by atoms with E-state index in [0.717, 1.165) is 18.7 Å². The van der Waals surface area contributed by atoms with E-state index in [1.807, 2.05) is 18.2 Å². The number of amides is 1. The Labute approximate surface area is 128 Å². The molecular formula is C15H18N6O. The van der Waals surface area contributed by atoms with E-state index in [1.54, 1.807) is 12.3 Å². The van der Waals surface area contributed by atoms with Crippen molar-refractivity contribution < 1.29 is 4.79 Å². The van der Waals surface area contributed by atoms with Crippen molar-refractivity contribution in [2.24, 2.45) is 5.92 Å². The van der Waals surface area contributed by atoms with Gasteiger partial charge in [0.2, 0.25) is 5.91 Å². The number of pyridine rings is 1. The first kappa shape index (κ1) is 14.2. The van der Waals surface area contributed by atoms with Gasteiger partial charge in [0.15, 0.2) is 0 Å². The number of hydrogen-bond donors (Lipinski definition) is 3. The Morgan fingerprint density at radius 3 is 2.73 bits per heavy atom. The van der Waals surface area contributed by atoms with Gasteiger partial charge in [-0.15, -0.1) is 0 Å². The fraction of sp³-hybridized carbons (Fsp3) is 0.333. The van der Waals surface area contributed by atoms with Crippen LogP contribution >= 0.6 is 0 Å². The van der Waals surface area contributed by atoms with Crippen LogP contribution in [-0.2, 0) is 4.79 Å². The predicted octanol–water partition coefficient (Wildman–Crippen LogP) is 1.55. The highest BCUT2D eigenvalue weighted by Crippen LogP contribution is 2.28. The molecule has 22 heavy (non-hydrogen) atoms. The summed E-state index contributed by atoms with van der Waals surface area (Å²) in [6.45, 7) is 1.21. The zero-order valence-electron chi connectivity index (χ0n) is 12.1. The summed E-state index contributed by atoms with van der Waals surface area (Å²) >= 11 is 0. The zero-order chi connectivity index (χ0) is 15.2. The first-order valence-corrected chi connectivity index (χ1v) is 7.33. The van der Waals surface area contributed by atoms with Gasteiger partial charge in [0.1, 0.15) is 23.8 Å². The minimum absolute atomic E-state index is 0.155. The Balaban J connectivity index is 1.47. The smallest absolute Gasteiger partial charge is 0.223 e. The highest BCUT2D eigenvalue weighted by molar-refractivity contribution is 5.80. The van der Waals surface area contributed by atoms with Crippen molar-refractivity contribution in [2.75, 3.05) is 23.7 Å². The van der Waals surface area contributed by atoms with Crippen LogP contribution in [0.3, 0.4) is 0 Å². The maximum absolute atomic E-state index is 11.5. The van der Waals surface area contributed by atoms with Crippen molar-refractivity contribution in [1.29, 1.82) is 0 Å².